The van der Waals surface area contributed by atoms with Crippen LogP contribution in [0.4, 0.5) is 5.69 Å². The first-order valence-electron chi connectivity index (χ1n) is 7.75. The number of rotatable bonds is 3. The Kier molecular flexibility index (Phi) is 4.22. The fourth-order valence-electron chi connectivity index (χ4n) is 2.53. The van der Waals surface area contributed by atoms with Crippen molar-refractivity contribution in [2.75, 3.05) is 5.32 Å². The van der Waals surface area contributed by atoms with E-state index in [1.54, 1.807) is 38.2 Å². The summed E-state index contributed by atoms with van der Waals surface area (Å²) in [7, 11) is 1.52. The average Bonchev–Trinajstić information content (AvgIpc) is 3.00. The maximum absolute atomic E-state index is 12.6. The van der Waals surface area contributed by atoms with Crippen LogP contribution in [0.2, 0.25) is 0 Å². The zero-order chi connectivity index (χ0) is 18.1. The number of hydrogen-bond donors (Lipinski definition) is 1. The van der Waals surface area contributed by atoms with Crippen LogP contribution in [0, 0.1) is 20.8 Å². The Morgan fingerprint density at radius 3 is 2.68 bits per heavy atom. The minimum absolute atomic E-state index is 0.0902. The van der Waals surface area contributed by atoms with Crippen molar-refractivity contribution in [3.63, 3.8) is 0 Å². The topological polar surface area (TPSA) is 90.0 Å². The van der Waals surface area contributed by atoms with Crippen LogP contribution < -0.4 is 10.9 Å². The number of nitrogens with one attached hydrogen (secondary N) is 1. The van der Waals surface area contributed by atoms with E-state index in [1.807, 2.05) is 13.0 Å². The summed E-state index contributed by atoms with van der Waals surface area (Å²) in [6.45, 7) is 5.29. The van der Waals surface area contributed by atoms with Crippen LogP contribution in [0.1, 0.15) is 27.4 Å². The maximum Gasteiger partial charge on any atom is 0.279 e. The van der Waals surface area contributed by atoms with Crippen molar-refractivity contribution in [1.29, 1.82) is 0 Å². The summed E-state index contributed by atoms with van der Waals surface area (Å²) in [4.78, 5) is 29.1. The highest BCUT2D eigenvalue weighted by Gasteiger charge is 2.18. The minimum atomic E-state index is -0.468. The first-order valence-corrected chi connectivity index (χ1v) is 7.75. The summed E-state index contributed by atoms with van der Waals surface area (Å²) >= 11 is 0. The predicted molar refractivity (Wildman–Crippen MR) is 93.6 cm³/mol. The molecule has 2 aromatic heterocycles. The Morgan fingerprint density at radius 1 is 1.24 bits per heavy atom. The number of aryl methyl sites for hydroxylation is 3. The third kappa shape index (κ3) is 3.21. The van der Waals surface area contributed by atoms with Gasteiger partial charge >= 0.3 is 0 Å². The molecule has 7 nitrogen and oxygen atoms in total. The van der Waals surface area contributed by atoms with Crippen molar-refractivity contribution in [2.45, 2.75) is 20.8 Å². The molecular formula is C18H18N4O3. The molecule has 0 bridgehead atoms. The van der Waals surface area contributed by atoms with Gasteiger partial charge in [-0.15, -0.1) is 0 Å². The zero-order valence-electron chi connectivity index (χ0n) is 14.5. The number of nitrogens with zero attached hydrogens (tertiary/aromatic N) is 3. The molecule has 0 radical (unpaired) electrons. The summed E-state index contributed by atoms with van der Waals surface area (Å²) in [6, 6.07) is 7.11. The summed E-state index contributed by atoms with van der Waals surface area (Å²) in [5.41, 5.74) is 2.15. The highest BCUT2D eigenvalue weighted by molar-refractivity contribution is 6.05. The van der Waals surface area contributed by atoms with E-state index in [9.17, 15) is 9.59 Å². The van der Waals surface area contributed by atoms with Crippen LogP contribution in [-0.4, -0.2) is 20.7 Å². The molecule has 0 aliphatic heterocycles. The molecule has 3 rings (SSSR count). The van der Waals surface area contributed by atoms with Gasteiger partial charge in [-0.25, -0.2) is 9.67 Å². The summed E-state index contributed by atoms with van der Waals surface area (Å²) in [6.07, 6.45) is 1.63. The molecule has 0 unspecified atom stereocenters. The van der Waals surface area contributed by atoms with E-state index in [2.05, 4.69) is 15.4 Å². The third-order valence-electron chi connectivity index (χ3n) is 3.94. The van der Waals surface area contributed by atoms with E-state index in [0.29, 0.717) is 28.6 Å². The van der Waals surface area contributed by atoms with E-state index in [4.69, 9.17) is 4.42 Å². The molecule has 1 aromatic carbocycles. The number of benzene rings is 1. The van der Waals surface area contributed by atoms with Crippen LogP contribution in [0.3, 0.4) is 0 Å². The molecule has 0 spiro atoms. The second-order valence-corrected chi connectivity index (χ2v) is 5.83. The predicted octanol–water partition coefficient (Wildman–Crippen LogP) is 2.61. The average molecular weight is 338 g/mol. The lowest BCUT2D eigenvalue weighted by molar-refractivity contribution is 0.102. The Bertz CT molecular complexity index is 1020. The smallest absolute Gasteiger partial charge is 0.279 e. The number of amides is 1. The van der Waals surface area contributed by atoms with Crippen molar-refractivity contribution in [2.24, 2.45) is 7.05 Å². The second-order valence-electron chi connectivity index (χ2n) is 5.83. The van der Waals surface area contributed by atoms with Crippen molar-refractivity contribution < 1.29 is 9.21 Å². The Balaban J connectivity index is 1.94. The molecule has 25 heavy (non-hydrogen) atoms. The highest BCUT2D eigenvalue weighted by Crippen LogP contribution is 2.22. The van der Waals surface area contributed by atoms with Crippen LogP contribution in [-0.2, 0) is 7.05 Å². The lowest BCUT2D eigenvalue weighted by atomic mass is 10.1. The molecule has 0 saturated heterocycles. The summed E-state index contributed by atoms with van der Waals surface area (Å²) in [5.74, 6) is 0.709. The monoisotopic (exact) mass is 338 g/mol. The number of hydrogen-bond acceptors (Lipinski definition) is 5. The van der Waals surface area contributed by atoms with Crippen molar-refractivity contribution in [3.8, 4) is 11.5 Å². The van der Waals surface area contributed by atoms with E-state index >= 15 is 0 Å². The van der Waals surface area contributed by atoms with Gasteiger partial charge in [-0.2, -0.15) is 5.10 Å². The molecule has 1 amide bonds. The number of carbonyl (C=O) groups excluding carboxylic acids is 1. The first-order chi connectivity index (χ1) is 11.9. The van der Waals surface area contributed by atoms with Crippen molar-refractivity contribution >= 4 is 11.6 Å². The molecule has 0 atom stereocenters. The van der Waals surface area contributed by atoms with Crippen LogP contribution in [0.25, 0.3) is 11.5 Å². The Morgan fingerprint density at radius 2 is 2.00 bits per heavy atom. The Labute approximate surface area is 144 Å². The van der Waals surface area contributed by atoms with Gasteiger partial charge in [-0.1, -0.05) is 6.07 Å². The van der Waals surface area contributed by atoms with Gasteiger partial charge in [0.2, 0.25) is 5.89 Å². The van der Waals surface area contributed by atoms with E-state index in [-0.39, 0.29) is 5.56 Å². The molecule has 1 N–H and O–H groups in total. The van der Waals surface area contributed by atoms with Crippen molar-refractivity contribution in [1.82, 2.24) is 14.8 Å². The second kappa shape index (κ2) is 6.35. The third-order valence-corrected chi connectivity index (χ3v) is 3.94. The van der Waals surface area contributed by atoms with Crippen LogP contribution >= 0.6 is 0 Å². The van der Waals surface area contributed by atoms with Crippen molar-refractivity contribution in [3.05, 3.63) is 63.4 Å². The lowest BCUT2D eigenvalue weighted by Gasteiger charge is -2.10. The van der Waals surface area contributed by atoms with Gasteiger partial charge < -0.3 is 9.73 Å². The molecule has 0 aliphatic carbocycles. The SMILES string of the molecule is Cc1cnc(-c2cccc(NC(=O)c3c(C)c(C)nn(C)c3=O)c2)o1. The fraction of sp³-hybridized carbons (Fsp3) is 0.222. The van der Waals surface area contributed by atoms with Gasteiger partial charge in [0, 0.05) is 18.3 Å². The first kappa shape index (κ1) is 16.6. The van der Waals surface area contributed by atoms with Crippen LogP contribution in [0.15, 0.2) is 39.7 Å². The fourth-order valence-corrected chi connectivity index (χ4v) is 2.53. The molecule has 3 aromatic rings. The minimum Gasteiger partial charge on any atom is -0.441 e. The maximum atomic E-state index is 12.6. The molecule has 2 heterocycles. The molecule has 7 heteroatoms. The number of carbonyl (C=O) groups is 1. The highest BCUT2D eigenvalue weighted by atomic mass is 16.4. The van der Waals surface area contributed by atoms with Crippen LogP contribution in [0.5, 0.6) is 0 Å². The normalized spacial score (nSPS) is 10.7. The zero-order valence-corrected chi connectivity index (χ0v) is 14.5. The van der Waals surface area contributed by atoms with Gasteiger partial charge in [0.05, 0.1) is 11.9 Å². The van der Waals surface area contributed by atoms with E-state index in [0.717, 1.165) is 5.56 Å². The Hall–Kier alpha value is -3.22. The molecule has 0 aliphatic rings. The number of oxazole rings is 1. The summed E-state index contributed by atoms with van der Waals surface area (Å²) in [5, 5.41) is 6.84. The molecule has 0 fully saturated rings. The summed E-state index contributed by atoms with van der Waals surface area (Å²) < 4.78 is 6.67. The van der Waals surface area contributed by atoms with Gasteiger partial charge in [-0.3, -0.25) is 9.59 Å². The van der Waals surface area contributed by atoms with Gasteiger partial charge in [0.15, 0.2) is 0 Å². The standard InChI is InChI=1S/C18H18N4O3/c1-10-9-19-17(25-10)13-6-5-7-14(8-13)20-16(23)15-11(2)12(3)21-22(4)18(15)24/h5-9H,1-4H3,(H,20,23). The largest absolute Gasteiger partial charge is 0.441 e. The molecular weight excluding hydrogens is 320 g/mol. The number of aromatic nitrogens is 3. The van der Waals surface area contributed by atoms with Gasteiger partial charge in [0.25, 0.3) is 11.5 Å². The number of anilines is 1. The van der Waals surface area contributed by atoms with Gasteiger partial charge in [0.1, 0.15) is 11.3 Å². The molecule has 0 saturated carbocycles. The van der Waals surface area contributed by atoms with Gasteiger partial charge in [-0.05, 0) is 44.5 Å². The quantitative estimate of drug-likeness (QED) is 0.793. The van der Waals surface area contributed by atoms with E-state index < -0.39 is 11.5 Å². The lowest BCUT2D eigenvalue weighted by Crippen LogP contribution is -2.31. The molecule has 128 valence electrons. The van der Waals surface area contributed by atoms with E-state index in [1.165, 1.54) is 11.7 Å².